The summed E-state index contributed by atoms with van der Waals surface area (Å²) in [5.74, 6) is 0.0701. The Hall–Kier alpha value is -4.80. The van der Waals surface area contributed by atoms with Gasteiger partial charge in [-0.15, -0.1) is 0 Å². The molecule has 0 saturated carbocycles. The van der Waals surface area contributed by atoms with Crippen molar-refractivity contribution in [2.75, 3.05) is 26.2 Å². The van der Waals surface area contributed by atoms with Gasteiger partial charge >= 0.3 is 0 Å². The number of para-hydroxylation sites is 1. The summed E-state index contributed by atoms with van der Waals surface area (Å²) in [6.45, 7) is 2.96. The summed E-state index contributed by atoms with van der Waals surface area (Å²) in [5, 5.41) is 3.20. The molecule has 0 aliphatic carbocycles. The summed E-state index contributed by atoms with van der Waals surface area (Å²) in [5.41, 5.74) is 5.98. The van der Waals surface area contributed by atoms with Crippen LogP contribution in [0, 0.1) is 0 Å². The number of pyridine rings is 1. The second kappa shape index (κ2) is 11.0. The molecule has 0 spiro atoms. The molecule has 0 unspecified atom stereocenters. The van der Waals surface area contributed by atoms with E-state index in [9.17, 15) is 4.79 Å². The van der Waals surface area contributed by atoms with Gasteiger partial charge in [0.25, 0.3) is 5.91 Å². The van der Waals surface area contributed by atoms with Gasteiger partial charge in [-0.1, -0.05) is 121 Å². The van der Waals surface area contributed by atoms with Gasteiger partial charge in [-0.3, -0.25) is 9.69 Å². The minimum Gasteiger partial charge on any atom is -0.336 e. The first-order valence-electron chi connectivity index (χ1n) is 14.3. The Morgan fingerprint density at radius 2 is 1.20 bits per heavy atom. The first kappa shape index (κ1) is 25.2. The van der Waals surface area contributed by atoms with Crippen molar-refractivity contribution in [1.29, 1.82) is 0 Å². The largest absolute Gasteiger partial charge is 0.336 e. The average molecular weight is 534 g/mol. The van der Waals surface area contributed by atoms with Crippen LogP contribution in [-0.2, 0) is 0 Å². The predicted octanol–water partition coefficient (Wildman–Crippen LogP) is 7.60. The zero-order valence-electron chi connectivity index (χ0n) is 22.9. The average Bonchev–Trinajstić information content (AvgIpc) is 3.05. The van der Waals surface area contributed by atoms with Crippen molar-refractivity contribution in [3.8, 4) is 11.3 Å². The van der Waals surface area contributed by atoms with Crippen molar-refractivity contribution in [1.82, 2.24) is 14.8 Å². The molecule has 0 atom stereocenters. The molecule has 0 N–H and O–H groups in total. The van der Waals surface area contributed by atoms with Gasteiger partial charge in [0.1, 0.15) is 0 Å². The maximum absolute atomic E-state index is 14.2. The molecule has 2 heterocycles. The first-order chi connectivity index (χ1) is 20.3. The Morgan fingerprint density at radius 1 is 0.610 bits per heavy atom. The lowest BCUT2D eigenvalue weighted by Crippen LogP contribution is -2.49. The molecule has 200 valence electrons. The van der Waals surface area contributed by atoms with Gasteiger partial charge in [-0.2, -0.15) is 0 Å². The van der Waals surface area contributed by atoms with E-state index in [1.165, 1.54) is 11.1 Å². The number of piperazine rings is 1. The Labute approximate surface area is 240 Å². The molecule has 4 nitrogen and oxygen atoms in total. The highest BCUT2D eigenvalue weighted by molar-refractivity contribution is 6.08. The monoisotopic (exact) mass is 533 g/mol. The van der Waals surface area contributed by atoms with Gasteiger partial charge in [-0.05, 0) is 34.0 Å². The van der Waals surface area contributed by atoms with Crippen molar-refractivity contribution < 1.29 is 4.79 Å². The third-order valence-electron chi connectivity index (χ3n) is 8.21. The Morgan fingerprint density at radius 3 is 1.90 bits per heavy atom. The number of fused-ring (bicyclic) bond motifs is 2. The number of amides is 1. The second-order valence-electron chi connectivity index (χ2n) is 10.7. The molecule has 4 heteroatoms. The minimum absolute atomic E-state index is 0.0701. The van der Waals surface area contributed by atoms with Crippen LogP contribution in [0.1, 0.15) is 27.5 Å². The summed E-state index contributed by atoms with van der Waals surface area (Å²) >= 11 is 0. The fourth-order valence-electron chi connectivity index (χ4n) is 6.18. The van der Waals surface area contributed by atoms with Gasteiger partial charge in [0.05, 0.1) is 22.8 Å². The van der Waals surface area contributed by atoms with Gasteiger partial charge in [0.2, 0.25) is 0 Å². The van der Waals surface area contributed by atoms with Crippen molar-refractivity contribution in [3.05, 3.63) is 150 Å². The Bertz CT molecular complexity index is 1780. The van der Waals surface area contributed by atoms with Crippen LogP contribution in [0.25, 0.3) is 32.9 Å². The van der Waals surface area contributed by atoms with E-state index in [1.54, 1.807) is 0 Å². The van der Waals surface area contributed by atoms with E-state index in [1.807, 2.05) is 35.2 Å². The smallest absolute Gasteiger partial charge is 0.254 e. The van der Waals surface area contributed by atoms with E-state index in [4.69, 9.17) is 4.98 Å². The highest BCUT2D eigenvalue weighted by atomic mass is 16.2. The van der Waals surface area contributed by atoms with Gasteiger partial charge in [0.15, 0.2) is 0 Å². The molecule has 5 aromatic carbocycles. The summed E-state index contributed by atoms with van der Waals surface area (Å²) < 4.78 is 0. The van der Waals surface area contributed by atoms with E-state index in [0.29, 0.717) is 13.1 Å². The Balaban J connectivity index is 1.20. The molecule has 1 aliphatic heterocycles. The summed E-state index contributed by atoms with van der Waals surface area (Å²) in [6, 6.07) is 46.1. The minimum atomic E-state index is 0.0701. The molecule has 6 aromatic rings. The topological polar surface area (TPSA) is 36.4 Å². The molecule has 1 amide bonds. The first-order valence-corrected chi connectivity index (χ1v) is 14.3. The number of rotatable bonds is 5. The van der Waals surface area contributed by atoms with Crippen LogP contribution in [0.15, 0.2) is 133 Å². The van der Waals surface area contributed by atoms with E-state index < -0.39 is 0 Å². The summed E-state index contributed by atoms with van der Waals surface area (Å²) in [7, 11) is 0. The van der Waals surface area contributed by atoms with E-state index in [0.717, 1.165) is 51.6 Å². The predicted molar refractivity (Wildman–Crippen MR) is 167 cm³/mol. The van der Waals surface area contributed by atoms with Crippen LogP contribution in [0.4, 0.5) is 0 Å². The molecule has 1 aliphatic rings. The third-order valence-corrected chi connectivity index (χ3v) is 8.21. The number of hydrogen-bond donors (Lipinski definition) is 0. The number of carbonyl (C=O) groups excluding carboxylic acids is 1. The van der Waals surface area contributed by atoms with Crippen LogP contribution < -0.4 is 0 Å². The Kier molecular flexibility index (Phi) is 6.75. The highest BCUT2D eigenvalue weighted by Gasteiger charge is 2.29. The molecule has 1 fully saturated rings. The number of nitrogens with zero attached hydrogens (tertiary/aromatic N) is 3. The highest BCUT2D eigenvalue weighted by Crippen LogP contribution is 2.32. The summed E-state index contributed by atoms with van der Waals surface area (Å²) in [4.78, 5) is 23.7. The molecule has 7 rings (SSSR count). The van der Waals surface area contributed by atoms with Crippen LogP contribution in [0.5, 0.6) is 0 Å². The lowest BCUT2D eigenvalue weighted by molar-refractivity contribution is 0.0599. The standard InChI is InChI=1S/C37H31N3O/c41-37(40-24-22-39(23-25-40)36(28-13-3-1-4-14-28)29-15-5-2-6-16-29)33-26-35(38-34-21-10-9-19-32(33)34)31-20-11-17-27-12-7-8-18-30(27)31/h1-21,26,36H,22-25H2. The third kappa shape index (κ3) is 4.88. The number of aromatic nitrogens is 1. The quantitative estimate of drug-likeness (QED) is 0.229. The van der Waals surface area contributed by atoms with Gasteiger partial charge in [-0.25, -0.2) is 4.98 Å². The van der Waals surface area contributed by atoms with Crippen molar-refractivity contribution in [2.45, 2.75) is 6.04 Å². The van der Waals surface area contributed by atoms with Crippen LogP contribution in [-0.4, -0.2) is 46.9 Å². The van der Waals surface area contributed by atoms with Gasteiger partial charge < -0.3 is 4.90 Å². The fraction of sp³-hybridized carbons (Fsp3) is 0.135. The summed E-state index contributed by atoms with van der Waals surface area (Å²) in [6.07, 6.45) is 0. The maximum Gasteiger partial charge on any atom is 0.254 e. The molecular formula is C37H31N3O. The zero-order valence-corrected chi connectivity index (χ0v) is 22.9. The van der Waals surface area contributed by atoms with E-state index in [-0.39, 0.29) is 11.9 Å². The van der Waals surface area contributed by atoms with Crippen molar-refractivity contribution >= 4 is 27.6 Å². The molecule has 41 heavy (non-hydrogen) atoms. The van der Waals surface area contributed by atoms with E-state index in [2.05, 4.69) is 108 Å². The molecule has 0 bridgehead atoms. The van der Waals surface area contributed by atoms with Crippen LogP contribution in [0.3, 0.4) is 0 Å². The number of carbonyl (C=O) groups is 1. The van der Waals surface area contributed by atoms with E-state index >= 15 is 0 Å². The van der Waals surface area contributed by atoms with Crippen LogP contribution in [0.2, 0.25) is 0 Å². The lowest BCUT2D eigenvalue weighted by Gasteiger charge is -2.40. The number of hydrogen-bond acceptors (Lipinski definition) is 3. The molecular weight excluding hydrogens is 502 g/mol. The second-order valence-corrected chi connectivity index (χ2v) is 10.7. The molecule has 1 aromatic heterocycles. The molecule has 1 saturated heterocycles. The normalized spacial score (nSPS) is 14.1. The zero-order chi connectivity index (χ0) is 27.6. The van der Waals surface area contributed by atoms with Crippen LogP contribution >= 0.6 is 0 Å². The SMILES string of the molecule is O=C(c1cc(-c2cccc3ccccc23)nc2ccccc12)N1CCN(C(c2ccccc2)c2ccccc2)CC1. The van der Waals surface area contributed by atoms with Crippen molar-refractivity contribution in [3.63, 3.8) is 0 Å². The fourth-order valence-corrected chi connectivity index (χ4v) is 6.18. The molecule has 0 radical (unpaired) electrons. The number of benzene rings is 5. The maximum atomic E-state index is 14.2. The lowest BCUT2D eigenvalue weighted by atomic mass is 9.96. The van der Waals surface area contributed by atoms with Gasteiger partial charge in [0, 0.05) is 37.1 Å². The van der Waals surface area contributed by atoms with Crippen molar-refractivity contribution in [2.24, 2.45) is 0 Å².